The summed E-state index contributed by atoms with van der Waals surface area (Å²) in [6.07, 6.45) is 3.68. The molecule has 2 aromatic carbocycles. The molecule has 0 saturated carbocycles. The first-order valence-electron chi connectivity index (χ1n) is 6.67. The number of hydrogen-bond acceptors (Lipinski definition) is 4. The zero-order valence-electron chi connectivity index (χ0n) is 11.9. The van der Waals surface area contributed by atoms with E-state index in [1.165, 1.54) is 0 Å². The molecule has 0 bridgehead atoms. The van der Waals surface area contributed by atoms with Crippen molar-refractivity contribution in [2.24, 2.45) is 0 Å². The third-order valence-corrected chi connectivity index (χ3v) is 3.30. The molecule has 22 heavy (non-hydrogen) atoms. The minimum Gasteiger partial charge on any atom is -0.496 e. The number of methoxy groups -OCH3 is 1. The van der Waals surface area contributed by atoms with E-state index in [1.807, 2.05) is 36.4 Å². The van der Waals surface area contributed by atoms with Crippen LogP contribution in [0.5, 0.6) is 5.75 Å². The number of benzene rings is 2. The lowest BCUT2D eigenvalue weighted by atomic mass is 10.2. The Hall–Kier alpha value is -2.59. The van der Waals surface area contributed by atoms with Crippen LogP contribution in [0.3, 0.4) is 0 Å². The lowest BCUT2D eigenvalue weighted by Crippen LogP contribution is -1.89. The van der Waals surface area contributed by atoms with Crippen molar-refractivity contribution in [2.75, 3.05) is 7.11 Å². The first-order valence-corrected chi connectivity index (χ1v) is 7.05. The zero-order valence-corrected chi connectivity index (χ0v) is 12.6. The van der Waals surface area contributed by atoms with Crippen LogP contribution in [0.15, 0.2) is 53.1 Å². The standard InChI is InChI=1S/C17H13ClN2O2/c1-21-15-9-8-13(18)11-14(15)17-19-16(22-20-17)10-7-12-5-3-2-4-6-12/h2-11H,1H3/b10-7+. The topological polar surface area (TPSA) is 48.2 Å². The van der Waals surface area contributed by atoms with Gasteiger partial charge in [0.1, 0.15) is 5.75 Å². The molecule has 4 nitrogen and oxygen atoms in total. The summed E-state index contributed by atoms with van der Waals surface area (Å²) in [6.45, 7) is 0. The van der Waals surface area contributed by atoms with Gasteiger partial charge in [-0.1, -0.05) is 47.1 Å². The fourth-order valence-electron chi connectivity index (χ4n) is 2.00. The molecule has 0 fully saturated rings. The van der Waals surface area contributed by atoms with Crippen LogP contribution in [-0.4, -0.2) is 17.3 Å². The van der Waals surface area contributed by atoms with Crippen molar-refractivity contribution in [2.45, 2.75) is 0 Å². The summed E-state index contributed by atoms with van der Waals surface area (Å²) in [5, 5.41) is 4.56. The summed E-state index contributed by atoms with van der Waals surface area (Å²) in [5.74, 6) is 1.50. The molecule has 0 N–H and O–H groups in total. The van der Waals surface area contributed by atoms with Gasteiger partial charge in [0.05, 0.1) is 12.7 Å². The first-order chi connectivity index (χ1) is 10.8. The molecule has 0 atom stereocenters. The van der Waals surface area contributed by atoms with Gasteiger partial charge < -0.3 is 9.26 Å². The average Bonchev–Trinajstić information content (AvgIpc) is 3.03. The molecule has 0 unspecified atom stereocenters. The summed E-state index contributed by atoms with van der Waals surface area (Å²) in [6, 6.07) is 15.2. The van der Waals surface area contributed by atoms with Gasteiger partial charge in [0.25, 0.3) is 5.89 Å². The highest BCUT2D eigenvalue weighted by Crippen LogP contribution is 2.30. The maximum Gasteiger partial charge on any atom is 0.250 e. The Labute approximate surface area is 133 Å². The van der Waals surface area contributed by atoms with Crippen LogP contribution in [-0.2, 0) is 0 Å². The Morgan fingerprint density at radius 3 is 2.68 bits per heavy atom. The lowest BCUT2D eigenvalue weighted by Gasteiger charge is -2.04. The maximum atomic E-state index is 6.02. The van der Waals surface area contributed by atoms with Crippen LogP contribution in [0.2, 0.25) is 5.02 Å². The van der Waals surface area contributed by atoms with E-state index in [2.05, 4.69) is 10.1 Å². The molecular formula is C17H13ClN2O2. The average molecular weight is 313 g/mol. The third kappa shape index (κ3) is 3.18. The minimum atomic E-state index is 0.417. The maximum absolute atomic E-state index is 6.02. The Bertz CT molecular complexity index is 797. The smallest absolute Gasteiger partial charge is 0.250 e. The molecule has 0 saturated heterocycles. The minimum absolute atomic E-state index is 0.417. The molecule has 3 rings (SSSR count). The van der Waals surface area contributed by atoms with Crippen molar-refractivity contribution in [1.29, 1.82) is 0 Å². The molecule has 3 aromatic rings. The van der Waals surface area contributed by atoms with E-state index in [0.717, 1.165) is 5.56 Å². The van der Waals surface area contributed by atoms with Gasteiger partial charge >= 0.3 is 0 Å². The Morgan fingerprint density at radius 1 is 1.09 bits per heavy atom. The van der Waals surface area contributed by atoms with Crippen LogP contribution < -0.4 is 4.74 Å². The van der Waals surface area contributed by atoms with E-state index in [9.17, 15) is 0 Å². The molecule has 110 valence electrons. The molecule has 0 aliphatic rings. The molecule has 1 aromatic heterocycles. The van der Waals surface area contributed by atoms with E-state index < -0.39 is 0 Å². The Morgan fingerprint density at radius 2 is 1.91 bits per heavy atom. The van der Waals surface area contributed by atoms with Crippen LogP contribution in [0.1, 0.15) is 11.5 Å². The molecule has 5 heteroatoms. The number of hydrogen-bond donors (Lipinski definition) is 0. The highest BCUT2D eigenvalue weighted by molar-refractivity contribution is 6.30. The number of ether oxygens (including phenoxy) is 1. The Balaban J connectivity index is 1.88. The van der Waals surface area contributed by atoms with Crippen molar-refractivity contribution in [3.8, 4) is 17.1 Å². The number of halogens is 1. The van der Waals surface area contributed by atoms with E-state index in [4.69, 9.17) is 20.9 Å². The van der Waals surface area contributed by atoms with Gasteiger partial charge in [0.15, 0.2) is 0 Å². The molecule has 0 radical (unpaired) electrons. The van der Waals surface area contributed by atoms with Crippen molar-refractivity contribution >= 4 is 23.8 Å². The zero-order chi connectivity index (χ0) is 15.4. The number of nitrogens with zero attached hydrogens (tertiary/aromatic N) is 2. The summed E-state index contributed by atoms with van der Waals surface area (Å²) in [7, 11) is 1.59. The van der Waals surface area contributed by atoms with Gasteiger partial charge in [-0.25, -0.2) is 0 Å². The van der Waals surface area contributed by atoms with Gasteiger partial charge in [-0.05, 0) is 29.8 Å². The molecule has 0 spiro atoms. The fraction of sp³-hybridized carbons (Fsp3) is 0.0588. The summed E-state index contributed by atoms with van der Waals surface area (Å²) >= 11 is 6.02. The summed E-state index contributed by atoms with van der Waals surface area (Å²) < 4.78 is 10.5. The van der Waals surface area contributed by atoms with Gasteiger partial charge in [-0.15, -0.1) is 0 Å². The van der Waals surface area contributed by atoms with Crippen LogP contribution in [0.4, 0.5) is 0 Å². The second-order valence-corrected chi connectivity index (χ2v) is 4.98. The highest BCUT2D eigenvalue weighted by Gasteiger charge is 2.12. The molecular weight excluding hydrogens is 300 g/mol. The highest BCUT2D eigenvalue weighted by atomic mass is 35.5. The molecule has 0 amide bonds. The van der Waals surface area contributed by atoms with Crippen LogP contribution in [0.25, 0.3) is 23.5 Å². The normalized spacial score (nSPS) is 11.0. The summed E-state index contributed by atoms with van der Waals surface area (Å²) in [4.78, 5) is 4.34. The van der Waals surface area contributed by atoms with E-state index in [1.54, 1.807) is 31.4 Å². The molecule has 1 heterocycles. The van der Waals surface area contributed by atoms with E-state index in [0.29, 0.717) is 28.1 Å². The van der Waals surface area contributed by atoms with Crippen LogP contribution in [0, 0.1) is 0 Å². The van der Waals surface area contributed by atoms with Gasteiger partial charge in [-0.3, -0.25) is 0 Å². The van der Waals surface area contributed by atoms with Crippen molar-refractivity contribution in [3.05, 3.63) is 65.0 Å². The van der Waals surface area contributed by atoms with Gasteiger partial charge in [0.2, 0.25) is 5.82 Å². The quantitative estimate of drug-likeness (QED) is 0.708. The van der Waals surface area contributed by atoms with Crippen molar-refractivity contribution in [1.82, 2.24) is 10.1 Å². The SMILES string of the molecule is COc1ccc(Cl)cc1-c1noc(/C=C/c2ccccc2)n1. The van der Waals surface area contributed by atoms with Gasteiger partial charge in [-0.2, -0.15) is 4.98 Å². The predicted molar refractivity (Wildman–Crippen MR) is 86.7 cm³/mol. The number of rotatable bonds is 4. The fourth-order valence-corrected chi connectivity index (χ4v) is 2.17. The second-order valence-electron chi connectivity index (χ2n) is 4.54. The molecule has 0 aliphatic heterocycles. The largest absolute Gasteiger partial charge is 0.496 e. The lowest BCUT2D eigenvalue weighted by molar-refractivity contribution is 0.406. The van der Waals surface area contributed by atoms with E-state index >= 15 is 0 Å². The second kappa shape index (κ2) is 6.45. The predicted octanol–water partition coefficient (Wildman–Crippen LogP) is 4.57. The summed E-state index contributed by atoms with van der Waals surface area (Å²) in [5.41, 5.74) is 1.75. The van der Waals surface area contributed by atoms with Crippen molar-refractivity contribution < 1.29 is 9.26 Å². The van der Waals surface area contributed by atoms with Gasteiger partial charge in [0, 0.05) is 11.1 Å². The van der Waals surface area contributed by atoms with Crippen LogP contribution >= 0.6 is 11.6 Å². The third-order valence-electron chi connectivity index (χ3n) is 3.06. The first kappa shape index (κ1) is 14.4. The van der Waals surface area contributed by atoms with E-state index in [-0.39, 0.29) is 0 Å². The number of aromatic nitrogens is 2. The van der Waals surface area contributed by atoms with Crippen molar-refractivity contribution in [3.63, 3.8) is 0 Å². The molecule has 0 aliphatic carbocycles. The monoisotopic (exact) mass is 312 g/mol. The Kier molecular flexibility index (Phi) is 4.21.